The van der Waals surface area contributed by atoms with Crippen LogP contribution in [0.15, 0.2) is 36.8 Å². The van der Waals surface area contributed by atoms with Crippen LogP contribution in [0.2, 0.25) is 0 Å². The van der Waals surface area contributed by atoms with Crippen LogP contribution in [0.25, 0.3) is 21.9 Å². The molecule has 2 fully saturated rings. The van der Waals surface area contributed by atoms with Gasteiger partial charge in [0.25, 0.3) is 0 Å². The zero-order chi connectivity index (χ0) is 24.4. The van der Waals surface area contributed by atoms with E-state index in [1.807, 2.05) is 6.92 Å². The predicted molar refractivity (Wildman–Crippen MR) is 124 cm³/mol. The number of fused-ring (bicyclic) bond motifs is 2. The minimum atomic E-state index is -0.818. The summed E-state index contributed by atoms with van der Waals surface area (Å²) in [5.74, 6) is -1.55. The first kappa shape index (κ1) is 21.9. The largest absolute Gasteiger partial charge is 0.444 e. The monoisotopic (exact) mass is 462 g/mol. The Bertz CT molecular complexity index is 1360. The third kappa shape index (κ3) is 3.67. The average molecular weight is 462 g/mol. The number of pyridine rings is 2. The maximum atomic E-state index is 15.8. The van der Waals surface area contributed by atoms with Gasteiger partial charge < -0.3 is 4.74 Å². The lowest BCUT2D eigenvalue weighted by Crippen LogP contribution is -2.33. The normalized spacial score (nSPS) is 19.4. The van der Waals surface area contributed by atoms with Crippen molar-refractivity contribution in [2.45, 2.75) is 39.7 Å². The topological polar surface area (TPSA) is 101 Å². The fourth-order valence-corrected chi connectivity index (χ4v) is 4.26. The molecule has 0 radical (unpaired) electrons. The first-order valence-corrected chi connectivity index (χ1v) is 11.0. The summed E-state index contributed by atoms with van der Waals surface area (Å²) in [6, 6.07) is 4.92. The van der Waals surface area contributed by atoms with Crippen LogP contribution in [0.3, 0.4) is 0 Å². The van der Waals surface area contributed by atoms with E-state index >= 15 is 4.39 Å². The van der Waals surface area contributed by atoms with Crippen molar-refractivity contribution in [2.24, 2.45) is 11.8 Å². The fraction of sp³-hybridized carbons (Fsp3) is 0.320. The first-order valence-electron chi connectivity index (χ1n) is 11.0. The number of ether oxygens (including phenoxy) is 1. The highest BCUT2D eigenvalue weighted by Gasteiger charge is 2.59. The van der Waals surface area contributed by atoms with Gasteiger partial charge in [-0.05, 0) is 63.3 Å². The maximum absolute atomic E-state index is 15.8. The van der Waals surface area contributed by atoms with E-state index in [2.05, 4.69) is 15.3 Å². The van der Waals surface area contributed by atoms with Gasteiger partial charge in [0.2, 0.25) is 11.8 Å². The van der Waals surface area contributed by atoms with Gasteiger partial charge >= 0.3 is 6.09 Å². The van der Waals surface area contributed by atoms with Crippen LogP contribution in [-0.2, 0) is 14.3 Å². The SMILES string of the molecule is Cc1ccncc1-c1cc2cc(N3C(=O)C4CC4C3=O)ncc2c(NC(=O)OC(C)(C)C)c1F. The highest BCUT2D eigenvalue weighted by Crippen LogP contribution is 2.48. The van der Waals surface area contributed by atoms with E-state index in [1.54, 1.807) is 51.4 Å². The molecule has 8 nitrogen and oxygen atoms in total. The quantitative estimate of drug-likeness (QED) is 0.571. The van der Waals surface area contributed by atoms with Crippen molar-refractivity contribution in [3.05, 3.63) is 48.2 Å². The Kier molecular flexibility index (Phi) is 4.89. The van der Waals surface area contributed by atoms with Gasteiger partial charge in [0, 0.05) is 35.1 Å². The van der Waals surface area contributed by atoms with Gasteiger partial charge in [0.05, 0.1) is 17.5 Å². The smallest absolute Gasteiger partial charge is 0.412 e. The number of rotatable bonds is 3. The van der Waals surface area contributed by atoms with E-state index in [4.69, 9.17) is 4.74 Å². The second-order valence-corrected chi connectivity index (χ2v) is 9.65. The molecule has 1 N–H and O–H groups in total. The van der Waals surface area contributed by atoms with E-state index in [9.17, 15) is 14.4 Å². The number of piperidine rings is 1. The second-order valence-electron chi connectivity index (χ2n) is 9.65. The molecule has 3 amide bonds. The number of halogens is 1. The highest BCUT2D eigenvalue weighted by molar-refractivity contribution is 6.24. The van der Waals surface area contributed by atoms with Gasteiger partial charge in [0.1, 0.15) is 11.4 Å². The van der Waals surface area contributed by atoms with Crippen molar-refractivity contribution in [1.29, 1.82) is 0 Å². The summed E-state index contributed by atoms with van der Waals surface area (Å²) in [6.45, 7) is 6.95. The van der Waals surface area contributed by atoms with Crippen molar-refractivity contribution in [3.63, 3.8) is 0 Å². The molecule has 1 aliphatic heterocycles. The van der Waals surface area contributed by atoms with Gasteiger partial charge in [0.15, 0.2) is 5.82 Å². The highest BCUT2D eigenvalue weighted by atomic mass is 19.1. The van der Waals surface area contributed by atoms with Crippen LogP contribution in [0.4, 0.5) is 20.7 Å². The maximum Gasteiger partial charge on any atom is 0.412 e. The number of imide groups is 1. The second kappa shape index (κ2) is 7.58. The lowest BCUT2D eigenvalue weighted by molar-refractivity contribution is -0.123. The minimum Gasteiger partial charge on any atom is -0.444 e. The molecule has 5 rings (SSSR count). The van der Waals surface area contributed by atoms with Crippen molar-refractivity contribution >= 4 is 40.2 Å². The van der Waals surface area contributed by atoms with E-state index in [0.717, 1.165) is 10.5 Å². The number of amides is 3. The molecule has 3 heterocycles. The molecule has 3 aromatic rings. The number of hydrogen-bond acceptors (Lipinski definition) is 6. The summed E-state index contributed by atoms with van der Waals surface area (Å²) in [6.07, 6.45) is 4.27. The Hall–Kier alpha value is -3.88. The molecule has 174 valence electrons. The molecular formula is C25H23FN4O4. The minimum absolute atomic E-state index is 0.106. The van der Waals surface area contributed by atoms with Gasteiger partial charge in [-0.25, -0.2) is 19.1 Å². The van der Waals surface area contributed by atoms with Crippen LogP contribution >= 0.6 is 0 Å². The van der Waals surface area contributed by atoms with Gasteiger partial charge in [-0.1, -0.05) is 0 Å². The molecule has 2 atom stereocenters. The summed E-state index contributed by atoms with van der Waals surface area (Å²) in [4.78, 5) is 47.1. The van der Waals surface area contributed by atoms with Gasteiger partial charge in [-0.3, -0.25) is 19.9 Å². The number of anilines is 2. The number of nitrogens with zero attached hydrogens (tertiary/aromatic N) is 3. The average Bonchev–Trinajstić information content (AvgIpc) is 3.51. The zero-order valence-corrected chi connectivity index (χ0v) is 19.2. The lowest BCUT2D eigenvalue weighted by atomic mass is 9.98. The summed E-state index contributed by atoms with van der Waals surface area (Å²) in [7, 11) is 0. The molecule has 0 spiro atoms. The number of benzene rings is 1. The van der Waals surface area contributed by atoms with Gasteiger partial charge in [-0.2, -0.15) is 0 Å². The van der Waals surface area contributed by atoms with E-state index in [1.165, 1.54) is 6.20 Å². The predicted octanol–water partition coefficient (Wildman–Crippen LogP) is 4.60. The summed E-state index contributed by atoms with van der Waals surface area (Å²) < 4.78 is 21.1. The molecule has 0 bridgehead atoms. The molecule has 2 unspecified atom stereocenters. The molecule has 1 aliphatic carbocycles. The Morgan fingerprint density at radius 3 is 2.50 bits per heavy atom. The molecule has 9 heteroatoms. The third-order valence-electron chi connectivity index (χ3n) is 6.00. The first-order chi connectivity index (χ1) is 16.0. The Balaban J connectivity index is 1.66. The third-order valence-corrected chi connectivity index (χ3v) is 6.00. The van der Waals surface area contributed by atoms with Crippen LogP contribution in [-0.4, -0.2) is 33.5 Å². The Morgan fingerprint density at radius 1 is 1.15 bits per heavy atom. The summed E-state index contributed by atoms with van der Waals surface area (Å²) in [5.41, 5.74) is 0.656. The zero-order valence-electron chi connectivity index (χ0n) is 19.2. The van der Waals surface area contributed by atoms with Gasteiger partial charge in [-0.15, -0.1) is 0 Å². The van der Waals surface area contributed by atoms with E-state index < -0.39 is 17.5 Å². The Labute approximate surface area is 195 Å². The molecule has 2 aromatic heterocycles. The summed E-state index contributed by atoms with van der Waals surface area (Å²) >= 11 is 0. The van der Waals surface area contributed by atoms with E-state index in [-0.39, 0.29) is 40.7 Å². The number of hydrogen-bond donors (Lipinski definition) is 1. The van der Waals surface area contributed by atoms with Crippen molar-refractivity contribution < 1.29 is 23.5 Å². The van der Waals surface area contributed by atoms with Crippen molar-refractivity contribution in [1.82, 2.24) is 9.97 Å². The van der Waals surface area contributed by atoms with Crippen molar-refractivity contribution in [3.8, 4) is 11.1 Å². The fourth-order valence-electron chi connectivity index (χ4n) is 4.26. The lowest BCUT2D eigenvalue weighted by Gasteiger charge is -2.21. The van der Waals surface area contributed by atoms with Crippen LogP contribution in [0.5, 0.6) is 0 Å². The number of aryl methyl sites for hydroxylation is 1. The molecule has 1 aromatic carbocycles. The molecule has 1 saturated heterocycles. The van der Waals surface area contributed by atoms with Crippen LogP contribution < -0.4 is 10.2 Å². The summed E-state index contributed by atoms with van der Waals surface area (Å²) in [5, 5.41) is 3.32. The number of nitrogens with one attached hydrogen (secondary N) is 1. The standard InChI is InChI=1S/C25H23FN4O4/c1-12-5-6-27-10-17(12)14-7-13-8-19(30-22(31)15-9-16(15)23(30)32)28-11-18(13)21(20(14)26)29-24(33)34-25(2,3)4/h5-8,10-11,15-16H,9H2,1-4H3,(H,29,33). The van der Waals surface area contributed by atoms with Crippen LogP contribution in [0.1, 0.15) is 32.8 Å². The molecule has 2 aliphatic rings. The van der Waals surface area contributed by atoms with Crippen LogP contribution in [0, 0.1) is 24.6 Å². The molecule has 1 saturated carbocycles. The molecule has 34 heavy (non-hydrogen) atoms. The van der Waals surface area contributed by atoms with E-state index in [0.29, 0.717) is 22.8 Å². The van der Waals surface area contributed by atoms with Crippen molar-refractivity contribution in [2.75, 3.05) is 10.2 Å². The number of aromatic nitrogens is 2. The Morgan fingerprint density at radius 2 is 1.85 bits per heavy atom. The number of carbonyl (C=O) groups is 3. The number of carbonyl (C=O) groups excluding carboxylic acids is 3. The molecular weight excluding hydrogens is 439 g/mol.